The molecule has 1 rings (SSSR count). The van der Waals surface area contributed by atoms with Crippen LogP contribution in [0.4, 0.5) is 0 Å². The molecule has 0 aliphatic heterocycles. The van der Waals surface area contributed by atoms with Gasteiger partial charge in [0.15, 0.2) is 6.71 Å². The van der Waals surface area contributed by atoms with Gasteiger partial charge in [-0.05, 0) is 24.0 Å². The third-order valence-electron chi connectivity index (χ3n) is 3.38. The van der Waals surface area contributed by atoms with Crippen LogP contribution >= 0.6 is 0 Å². The van der Waals surface area contributed by atoms with Gasteiger partial charge < -0.3 is 0 Å². The molecule has 0 N–H and O–H groups in total. The average molecular weight is 238 g/mol. The van der Waals surface area contributed by atoms with E-state index < -0.39 is 0 Å². The fourth-order valence-corrected chi connectivity index (χ4v) is 2.51. The van der Waals surface area contributed by atoms with Crippen LogP contribution in [0.15, 0.2) is 56.2 Å². The minimum Gasteiger partial charge on any atom is -0.104 e. The highest BCUT2D eigenvalue weighted by molar-refractivity contribution is 6.74. The summed E-state index contributed by atoms with van der Waals surface area (Å²) >= 11 is 0. The second-order valence-electron chi connectivity index (χ2n) is 4.58. The van der Waals surface area contributed by atoms with Crippen molar-refractivity contribution in [3.8, 4) is 0 Å². The van der Waals surface area contributed by atoms with Crippen LogP contribution < -0.4 is 5.46 Å². The lowest BCUT2D eigenvalue weighted by atomic mass is 9.39. The normalized spacial score (nSPS) is 9.83. The van der Waals surface area contributed by atoms with Crippen molar-refractivity contribution >= 4 is 12.2 Å². The first kappa shape index (κ1) is 14.6. The molecule has 0 saturated heterocycles. The lowest BCUT2D eigenvalue weighted by molar-refractivity contribution is 1.09. The van der Waals surface area contributed by atoms with Gasteiger partial charge in [0.25, 0.3) is 0 Å². The quantitative estimate of drug-likeness (QED) is 0.473. The van der Waals surface area contributed by atoms with Crippen LogP contribution in [0.25, 0.3) is 0 Å². The minimum absolute atomic E-state index is 0.501. The van der Waals surface area contributed by atoms with Crippen molar-refractivity contribution in [1.82, 2.24) is 0 Å². The van der Waals surface area contributed by atoms with E-state index >= 15 is 0 Å². The van der Waals surface area contributed by atoms with Gasteiger partial charge in [-0.3, -0.25) is 0 Å². The van der Waals surface area contributed by atoms with Crippen LogP contribution in [0.2, 0.25) is 12.6 Å². The molecule has 0 heterocycles. The van der Waals surface area contributed by atoms with Crippen LogP contribution in [-0.4, -0.2) is 6.71 Å². The topological polar surface area (TPSA) is 0 Å². The maximum absolute atomic E-state index is 3.88. The average Bonchev–Trinajstić information content (AvgIpc) is 2.39. The van der Waals surface area contributed by atoms with E-state index in [9.17, 15) is 0 Å². The standard InChI is InChI=1S/C17H23B/c1-5-10-16-15(8-4)11-9-12-17(16)18(13-6-2)14-7-3/h5-7,9,11-12H,1-3,8,10,13-14H2,4H3. The Morgan fingerprint density at radius 3 is 2.22 bits per heavy atom. The fourth-order valence-electron chi connectivity index (χ4n) is 2.51. The molecule has 1 aromatic rings. The van der Waals surface area contributed by atoms with Gasteiger partial charge in [-0.1, -0.05) is 61.5 Å². The van der Waals surface area contributed by atoms with Crippen molar-refractivity contribution in [3.05, 3.63) is 67.3 Å². The van der Waals surface area contributed by atoms with Crippen LogP contribution in [0, 0.1) is 0 Å². The zero-order chi connectivity index (χ0) is 13.4. The molecule has 0 nitrogen and oxygen atoms in total. The SMILES string of the molecule is C=CCB(CC=C)c1cccc(CC)c1CC=C. The molecule has 0 spiro atoms. The van der Waals surface area contributed by atoms with Gasteiger partial charge in [-0.25, -0.2) is 0 Å². The number of hydrogen-bond acceptors (Lipinski definition) is 0. The van der Waals surface area contributed by atoms with Crippen LogP contribution in [0.1, 0.15) is 18.1 Å². The molecule has 0 bridgehead atoms. The lowest BCUT2D eigenvalue weighted by Gasteiger charge is -2.17. The van der Waals surface area contributed by atoms with E-state index in [1.54, 1.807) is 0 Å². The summed E-state index contributed by atoms with van der Waals surface area (Å²) in [5.74, 6) is 0. The number of allylic oxidation sites excluding steroid dienone is 3. The van der Waals surface area contributed by atoms with Crippen molar-refractivity contribution in [3.63, 3.8) is 0 Å². The highest BCUT2D eigenvalue weighted by atomic mass is 14.1. The maximum atomic E-state index is 3.88. The Morgan fingerprint density at radius 2 is 1.72 bits per heavy atom. The maximum Gasteiger partial charge on any atom is 0.183 e. The van der Waals surface area contributed by atoms with Crippen molar-refractivity contribution in [2.45, 2.75) is 32.4 Å². The summed E-state index contributed by atoms with van der Waals surface area (Å²) in [7, 11) is 0. The predicted molar refractivity (Wildman–Crippen MR) is 85.1 cm³/mol. The molecule has 1 aromatic carbocycles. The van der Waals surface area contributed by atoms with Crippen LogP contribution in [0.3, 0.4) is 0 Å². The first-order valence-electron chi connectivity index (χ1n) is 6.71. The molecule has 18 heavy (non-hydrogen) atoms. The Kier molecular flexibility index (Phi) is 6.28. The lowest BCUT2D eigenvalue weighted by Crippen LogP contribution is -2.32. The number of rotatable bonds is 8. The Hall–Kier alpha value is -1.50. The molecule has 0 radical (unpaired) electrons. The van der Waals surface area contributed by atoms with E-state index in [1.807, 2.05) is 18.2 Å². The summed E-state index contributed by atoms with van der Waals surface area (Å²) in [6.45, 7) is 14.3. The van der Waals surface area contributed by atoms with Gasteiger partial charge >= 0.3 is 0 Å². The van der Waals surface area contributed by atoms with E-state index in [1.165, 1.54) is 16.6 Å². The first-order chi connectivity index (χ1) is 8.78. The van der Waals surface area contributed by atoms with Gasteiger partial charge in [0.2, 0.25) is 0 Å². The van der Waals surface area contributed by atoms with Crippen molar-refractivity contribution < 1.29 is 0 Å². The third kappa shape index (κ3) is 3.50. The molecular weight excluding hydrogens is 215 g/mol. The molecule has 0 aromatic heterocycles. The molecule has 94 valence electrons. The van der Waals surface area contributed by atoms with E-state index in [0.717, 1.165) is 25.5 Å². The molecule has 1 heteroatoms. The summed E-state index contributed by atoms with van der Waals surface area (Å²) < 4.78 is 0. The number of benzene rings is 1. The zero-order valence-electron chi connectivity index (χ0n) is 11.5. The van der Waals surface area contributed by atoms with Crippen molar-refractivity contribution in [1.29, 1.82) is 0 Å². The smallest absolute Gasteiger partial charge is 0.104 e. The predicted octanol–water partition coefficient (Wildman–Crippen LogP) is 4.05. The minimum atomic E-state index is 0.501. The second kappa shape index (κ2) is 7.76. The van der Waals surface area contributed by atoms with E-state index in [2.05, 4.69) is 44.9 Å². The highest BCUT2D eigenvalue weighted by Gasteiger charge is 2.17. The largest absolute Gasteiger partial charge is 0.183 e. The molecular formula is C17H23B. The summed E-state index contributed by atoms with van der Waals surface area (Å²) in [6, 6.07) is 6.64. The molecule has 0 unspecified atom stereocenters. The third-order valence-corrected chi connectivity index (χ3v) is 3.38. The Morgan fingerprint density at radius 1 is 1.06 bits per heavy atom. The van der Waals surface area contributed by atoms with Gasteiger partial charge in [0, 0.05) is 0 Å². The van der Waals surface area contributed by atoms with E-state index in [-0.39, 0.29) is 0 Å². The van der Waals surface area contributed by atoms with Gasteiger partial charge in [0.1, 0.15) is 0 Å². The summed E-state index contributed by atoms with van der Waals surface area (Å²) in [4.78, 5) is 0. The Labute approximate surface area is 112 Å². The molecule has 0 atom stereocenters. The molecule has 0 fully saturated rings. The highest BCUT2D eigenvalue weighted by Crippen LogP contribution is 2.13. The fraction of sp³-hybridized carbons (Fsp3) is 0.294. The summed E-state index contributed by atoms with van der Waals surface area (Å²) in [5.41, 5.74) is 4.32. The second-order valence-corrected chi connectivity index (χ2v) is 4.58. The Bertz CT molecular complexity index is 408. The van der Waals surface area contributed by atoms with Gasteiger partial charge in [0.05, 0.1) is 0 Å². The van der Waals surface area contributed by atoms with Gasteiger partial charge in [-0.2, -0.15) is 0 Å². The monoisotopic (exact) mass is 238 g/mol. The summed E-state index contributed by atoms with van der Waals surface area (Å²) in [5, 5.41) is 0. The number of hydrogen-bond donors (Lipinski definition) is 0. The van der Waals surface area contributed by atoms with Crippen molar-refractivity contribution in [2.24, 2.45) is 0 Å². The van der Waals surface area contributed by atoms with E-state index in [4.69, 9.17) is 0 Å². The molecule has 0 aliphatic rings. The molecule has 0 aliphatic carbocycles. The number of aryl methyl sites for hydroxylation is 1. The van der Waals surface area contributed by atoms with E-state index in [0.29, 0.717) is 6.71 Å². The van der Waals surface area contributed by atoms with Gasteiger partial charge in [-0.15, -0.1) is 19.7 Å². The molecule has 0 saturated carbocycles. The van der Waals surface area contributed by atoms with Crippen LogP contribution in [-0.2, 0) is 12.8 Å². The first-order valence-corrected chi connectivity index (χ1v) is 6.71. The van der Waals surface area contributed by atoms with Crippen LogP contribution in [0.5, 0.6) is 0 Å². The Balaban J connectivity index is 3.21. The zero-order valence-corrected chi connectivity index (χ0v) is 11.5. The molecule has 0 amide bonds. The summed E-state index contributed by atoms with van der Waals surface area (Å²) in [6.07, 6.45) is 10.0. The van der Waals surface area contributed by atoms with Crippen molar-refractivity contribution in [2.75, 3.05) is 0 Å².